The van der Waals surface area contributed by atoms with E-state index in [9.17, 15) is 18.4 Å². The second kappa shape index (κ2) is 7.20. The first-order chi connectivity index (χ1) is 14.0. The number of hydrogen-bond donors (Lipinski definition) is 2. The zero-order valence-corrected chi connectivity index (χ0v) is 15.0. The Bertz CT molecular complexity index is 1230. The first kappa shape index (κ1) is 18.4. The van der Waals surface area contributed by atoms with E-state index in [-0.39, 0.29) is 22.5 Å². The Labute approximate surface area is 164 Å². The molecule has 0 atom stereocenters. The molecule has 0 saturated heterocycles. The number of fused-ring (bicyclic) bond motifs is 1. The van der Waals surface area contributed by atoms with Crippen LogP contribution in [0.4, 0.5) is 20.2 Å². The summed E-state index contributed by atoms with van der Waals surface area (Å²) in [4.78, 5) is 25.9. The molecule has 0 unspecified atom stereocenters. The fraction of sp³-hybridized carbons (Fsp3) is 0. The average molecular weight is 391 g/mol. The van der Waals surface area contributed by atoms with E-state index in [2.05, 4.69) is 5.32 Å². The Morgan fingerprint density at radius 3 is 2.14 bits per heavy atom. The van der Waals surface area contributed by atoms with E-state index < -0.39 is 23.3 Å². The highest BCUT2D eigenvalue weighted by atomic mass is 19.1. The molecule has 0 aliphatic rings. The third-order valence-electron chi connectivity index (χ3n) is 4.53. The first-order valence-corrected chi connectivity index (χ1v) is 8.71. The van der Waals surface area contributed by atoms with E-state index in [0.29, 0.717) is 11.2 Å². The van der Waals surface area contributed by atoms with E-state index >= 15 is 0 Å². The highest BCUT2D eigenvalue weighted by Crippen LogP contribution is 2.29. The van der Waals surface area contributed by atoms with Crippen LogP contribution in [0.3, 0.4) is 0 Å². The molecule has 0 saturated carbocycles. The second-order valence-electron chi connectivity index (χ2n) is 6.39. The van der Waals surface area contributed by atoms with E-state index in [4.69, 9.17) is 5.73 Å². The maximum atomic E-state index is 13.2. The summed E-state index contributed by atoms with van der Waals surface area (Å²) in [6.45, 7) is 0. The van der Waals surface area contributed by atoms with Crippen LogP contribution in [-0.2, 0) is 0 Å². The van der Waals surface area contributed by atoms with E-state index in [1.807, 2.05) is 0 Å². The molecule has 0 aliphatic heterocycles. The van der Waals surface area contributed by atoms with Gasteiger partial charge in [-0.05, 0) is 60.7 Å². The quantitative estimate of drug-likeness (QED) is 0.510. The highest BCUT2D eigenvalue weighted by Gasteiger charge is 2.26. The molecule has 0 radical (unpaired) electrons. The number of amides is 1. The lowest BCUT2D eigenvalue weighted by Crippen LogP contribution is -2.14. The molecule has 29 heavy (non-hydrogen) atoms. The molecule has 3 N–H and O–H groups in total. The van der Waals surface area contributed by atoms with E-state index in [1.54, 1.807) is 24.4 Å². The minimum Gasteiger partial charge on any atom is -0.396 e. The Balaban J connectivity index is 1.80. The van der Waals surface area contributed by atoms with Gasteiger partial charge in [-0.1, -0.05) is 6.07 Å². The van der Waals surface area contributed by atoms with Crippen LogP contribution in [-0.4, -0.2) is 16.1 Å². The molecular weight excluding hydrogens is 376 g/mol. The lowest BCUT2D eigenvalue weighted by Gasteiger charge is -2.05. The van der Waals surface area contributed by atoms with Crippen molar-refractivity contribution in [3.8, 4) is 0 Å². The Kier molecular flexibility index (Phi) is 4.56. The Morgan fingerprint density at radius 1 is 0.862 bits per heavy atom. The summed E-state index contributed by atoms with van der Waals surface area (Å²) in [5.74, 6) is -1.86. The number of nitrogen functional groups attached to an aromatic ring is 1. The van der Waals surface area contributed by atoms with Gasteiger partial charge in [0, 0.05) is 17.4 Å². The summed E-state index contributed by atoms with van der Waals surface area (Å²) in [5.41, 5.74) is 7.53. The summed E-state index contributed by atoms with van der Waals surface area (Å²) in [7, 11) is 0. The monoisotopic (exact) mass is 391 g/mol. The largest absolute Gasteiger partial charge is 0.396 e. The SMILES string of the molecule is Nc1c(C(=O)Nc2ccc(F)cc2)c2ccccn2c1C(=O)c1ccc(F)cc1. The molecule has 2 aromatic heterocycles. The van der Waals surface area contributed by atoms with Crippen molar-refractivity contribution < 1.29 is 18.4 Å². The molecule has 7 heteroatoms. The van der Waals surface area contributed by atoms with Gasteiger partial charge in [0.2, 0.25) is 5.78 Å². The number of pyridine rings is 1. The summed E-state index contributed by atoms with van der Waals surface area (Å²) in [6, 6.07) is 15.5. The van der Waals surface area contributed by atoms with E-state index in [0.717, 1.165) is 0 Å². The predicted octanol–water partition coefficient (Wildman–Crippen LogP) is 4.28. The van der Waals surface area contributed by atoms with Crippen LogP contribution in [0.15, 0.2) is 72.9 Å². The van der Waals surface area contributed by atoms with Gasteiger partial charge in [0.25, 0.3) is 5.91 Å². The number of halogens is 2. The summed E-state index contributed by atoms with van der Waals surface area (Å²) in [5, 5.41) is 2.66. The molecule has 0 spiro atoms. The molecule has 0 fully saturated rings. The van der Waals surface area contributed by atoms with Crippen molar-refractivity contribution in [1.29, 1.82) is 0 Å². The number of nitrogens with one attached hydrogen (secondary N) is 1. The van der Waals surface area contributed by atoms with Gasteiger partial charge in [-0.2, -0.15) is 0 Å². The molecule has 5 nitrogen and oxygen atoms in total. The van der Waals surface area contributed by atoms with Crippen LogP contribution in [0.1, 0.15) is 26.4 Å². The number of carbonyl (C=O) groups is 2. The van der Waals surface area contributed by atoms with Crippen molar-refractivity contribution in [2.24, 2.45) is 0 Å². The number of carbonyl (C=O) groups excluding carboxylic acids is 2. The van der Waals surface area contributed by atoms with Crippen LogP contribution in [0.25, 0.3) is 5.52 Å². The molecule has 4 rings (SSSR count). The van der Waals surface area contributed by atoms with E-state index in [1.165, 1.54) is 52.9 Å². The number of benzene rings is 2. The highest BCUT2D eigenvalue weighted by molar-refractivity contribution is 6.20. The van der Waals surface area contributed by atoms with Crippen molar-refractivity contribution in [3.05, 3.63) is 101 Å². The number of aromatic nitrogens is 1. The normalized spacial score (nSPS) is 10.8. The Morgan fingerprint density at radius 2 is 1.48 bits per heavy atom. The summed E-state index contributed by atoms with van der Waals surface area (Å²) < 4.78 is 27.8. The van der Waals surface area contributed by atoms with Crippen molar-refractivity contribution >= 4 is 28.6 Å². The van der Waals surface area contributed by atoms with Gasteiger partial charge in [0.1, 0.15) is 17.3 Å². The van der Waals surface area contributed by atoms with Crippen LogP contribution in [0, 0.1) is 11.6 Å². The van der Waals surface area contributed by atoms with Crippen molar-refractivity contribution in [1.82, 2.24) is 4.40 Å². The smallest absolute Gasteiger partial charge is 0.259 e. The second-order valence-corrected chi connectivity index (χ2v) is 6.39. The lowest BCUT2D eigenvalue weighted by atomic mass is 10.1. The van der Waals surface area contributed by atoms with Crippen molar-refractivity contribution in [3.63, 3.8) is 0 Å². The predicted molar refractivity (Wildman–Crippen MR) is 106 cm³/mol. The third kappa shape index (κ3) is 3.34. The molecule has 2 heterocycles. The van der Waals surface area contributed by atoms with Crippen LogP contribution in [0.2, 0.25) is 0 Å². The first-order valence-electron chi connectivity index (χ1n) is 8.71. The number of hydrogen-bond acceptors (Lipinski definition) is 3. The van der Waals surface area contributed by atoms with Crippen molar-refractivity contribution in [2.75, 3.05) is 11.1 Å². The van der Waals surface area contributed by atoms with Crippen molar-refractivity contribution in [2.45, 2.75) is 0 Å². The maximum absolute atomic E-state index is 13.2. The van der Waals surface area contributed by atoms with Crippen LogP contribution in [0.5, 0.6) is 0 Å². The number of nitrogens with zero attached hydrogens (tertiary/aromatic N) is 1. The van der Waals surface area contributed by atoms with Gasteiger partial charge in [0.15, 0.2) is 0 Å². The zero-order valence-electron chi connectivity index (χ0n) is 15.0. The molecule has 2 aromatic carbocycles. The van der Waals surface area contributed by atoms with Gasteiger partial charge >= 0.3 is 0 Å². The minimum absolute atomic E-state index is 0.00476. The van der Waals surface area contributed by atoms with Gasteiger partial charge in [0.05, 0.1) is 16.8 Å². The number of nitrogens with two attached hydrogens (primary N) is 1. The molecule has 144 valence electrons. The zero-order chi connectivity index (χ0) is 20.5. The fourth-order valence-corrected chi connectivity index (χ4v) is 3.16. The standard InChI is InChI=1S/C22H15F2N3O2/c23-14-6-4-13(5-7-14)21(28)20-19(25)18(17-3-1-2-12-27(17)20)22(29)26-16-10-8-15(24)9-11-16/h1-12H,25H2,(H,26,29). The topological polar surface area (TPSA) is 76.6 Å². The van der Waals surface area contributed by atoms with Gasteiger partial charge < -0.3 is 15.5 Å². The molecule has 0 aliphatic carbocycles. The number of ketones is 1. The number of anilines is 2. The van der Waals surface area contributed by atoms with Crippen LogP contribution < -0.4 is 11.1 Å². The summed E-state index contributed by atoms with van der Waals surface area (Å²) in [6.07, 6.45) is 1.62. The molecule has 4 aromatic rings. The molecule has 0 bridgehead atoms. The van der Waals surface area contributed by atoms with Gasteiger partial charge in [-0.25, -0.2) is 8.78 Å². The fourth-order valence-electron chi connectivity index (χ4n) is 3.16. The third-order valence-corrected chi connectivity index (χ3v) is 4.53. The average Bonchev–Trinajstić information content (AvgIpc) is 3.01. The Hall–Kier alpha value is -4.00. The van der Waals surface area contributed by atoms with Gasteiger partial charge in [-0.15, -0.1) is 0 Å². The number of rotatable bonds is 4. The minimum atomic E-state index is -0.532. The lowest BCUT2D eigenvalue weighted by molar-refractivity contribution is 0.102. The van der Waals surface area contributed by atoms with Crippen LogP contribution >= 0.6 is 0 Å². The molecular formula is C22H15F2N3O2. The maximum Gasteiger partial charge on any atom is 0.259 e. The summed E-state index contributed by atoms with van der Waals surface area (Å²) >= 11 is 0. The van der Waals surface area contributed by atoms with Gasteiger partial charge in [-0.3, -0.25) is 9.59 Å². The molecule has 1 amide bonds.